The highest BCUT2D eigenvalue weighted by Crippen LogP contribution is 2.17. The third-order valence-corrected chi connectivity index (χ3v) is 4.69. The van der Waals surface area contributed by atoms with Crippen LogP contribution in [0.4, 0.5) is 5.69 Å². The highest BCUT2D eigenvalue weighted by atomic mass is 32.2. The summed E-state index contributed by atoms with van der Waals surface area (Å²) < 4.78 is 0. The summed E-state index contributed by atoms with van der Waals surface area (Å²) in [6.45, 7) is 1.79. The van der Waals surface area contributed by atoms with Gasteiger partial charge in [-0.2, -0.15) is 0 Å². The zero-order chi connectivity index (χ0) is 16.8. The molecule has 2 N–H and O–H groups in total. The Balaban J connectivity index is 1.97. The third-order valence-electron chi connectivity index (χ3n) is 3.37. The summed E-state index contributed by atoms with van der Waals surface area (Å²) in [4.78, 5) is 32.2. The number of thioether (sulfide) groups is 2. The first kappa shape index (κ1) is 17.6. The summed E-state index contributed by atoms with van der Waals surface area (Å²) in [5.41, 5.74) is 1.83. The Labute approximate surface area is 143 Å². The number of anilines is 1. The average molecular weight is 349 g/mol. The molecule has 1 heterocycles. The van der Waals surface area contributed by atoms with E-state index < -0.39 is 0 Å². The van der Waals surface area contributed by atoms with Crippen molar-refractivity contribution in [3.63, 3.8) is 0 Å². The van der Waals surface area contributed by atoms with E-state index in [1.807, 2.05) is 36.8 Å². The number of rotatable bonds is 6. The van der Waals surface area contributed by atoms with Gasteiger partial charge in [-0.3, -0.25) is 9.59 Å². The zero-order valence-corrected chi connectivity index (χ0v) is 14.9. The molecular formula is C16H19N3O2S2. The molecular weight excluding hydrogens is 330 g/mol. The predicted octanol–water partition coefficient (Wildman–Crippen LogP) is 3.09. The normalized spacial score (nSPS) is 10.6. The van der Waals surface area contributed by atoms with Gasteiger partial charge in [0.15, 0.2) is 5.16 Å². The maximum absolute atomic E-state index is 12.0. The average Bonchev–Trinajstić information content (AvgIpc) is 2.54. The number of aryl methyl sites for hydroxylation is 1. The van der Waals surface area contributed by atoms with Crippen molar-refractivity contribution >= 4 is 35.1 Å². The van der Waals surface area contributed by atoms with Crippen LogP contribution in [0.1, 0.15) is 17.7 Å². The van der Waals surface area contributed by atoms with Gasteiger partial charge in [-0.25, -0.2) is 4.98 Å². The lowest BCUT2D eigenvalue weighted by Crippen LogP contribution is -2.20. The van der Waals surface area contributed by atoms with Crippen LogP contribution in [0.3, 0.4) is 0 Å². The number of H-pyrrole nitrogens is 1. The molecule has 0 aliphatic carbocycles. The molecule has 0 atom stereocenters. The van der Waals surface area contributed by atoms with Crippen molar-refractivity contribution in [2.45, 2.75) is 29.8 Å². The monoisotopic (exact) mass is 349 g/mol. The number of amides is 1. The van der Waals surface area contributed by atoms with E-state index in [1.165, 1.54) is 11.8 Å². The van der Waals surface area contributed by atoms with Crippen molar-refractivity contribution in [3.8, 4) is 0 Å². The van der Waals surface area contributed by atoms with Crippen LogP contribution in [0.2, 0.25) is 0 Å². The van der Waals surface area contributed by atoms with Crippen LogP contribution in [0.25, 0.3) is 0 Å². The molecule has 0 spiro atoms. The number of nitrogens with one attached hydrogen (secondary N) is 2. The molecule has 0 saturated heterocycles. The Bertz CT molecular complexity index is 742. The van der Waals surface area contributed by atoms with E-state index in [2.05, 4.69) is 15.3 Å². The van der Waals surface area contributed by atoms with Gasteiger partial charge in [-0.1, -0.05) is 11.8 Å². The lowest BCUT2D eigenvalue weighted by molar-refractivity contribution is -0.116. The fourth-order valence-electron chi connectivity index (χ4n) is 2.11. The molecule has 0 unspecified atom stereocenters. The summed E-state index contributed by atoms with van der Waals surface area (Å²) in [7, 11) is 0. The summed E-state index contributed by atoms with van der Waals surface area (Å²) in [5, 5.41) is 3.43. The van der Waals surface area contributed by atoms with Crippen LogP contribution in [0.15, 0.2) is 39.1 Å². The number of carbonyl (C=O) groups excluding carboxylic acids is 1. The van der Waals surface area contributed by atoms with E-state index in [1.54, 1.807) is 18.7 Å². The molecule has 1 aromatic heterocycles. The lowest BCUT2D eigenvalue weighted by Gasteiger charge is -2.07. The molecule has 0 aliphatic rings. The summed E-state index contributed by atoms with van der Waals surface area (Å²) >= 11 is 3.04. The fourth-order valence-corrected chi connectivity index (χ4v) is 2.94. The maximum Gasteiger partial charge on any atom is 0.254 e. The van der Waals surface area contributed by atoms with Crippen molar-refractivity contribution < 1.29 is 4.79 Å². The third kappa shape index (κ3) is 4.87. The maximum atomic E-state index is 12.0. The number of benzene rings is 1. The second kappa shape index (κ2) is 8.21. The van der Waals surface area contributed by atoms with Gasteiger partial charge in [0.2, 0.25) is 5.91 Å². The smallest absolute Gasteiger partial charge is 0.254 e. The lowest BCUT2D eigenvalue weighted by atomic mass is 10.1. The Kier molecular flexibility index (Phi) is 6.29. The summed E-state index contributed by atoms with van der Waals surface area (Å²) in [6.07, 6.45) is 4.48. The molecule has 0 saturated carbocycles. The fraction of sp³-hybridized carbons (Fsp3) is 0.312. The molecule has 0 radical (unpaired) electrons. The first-order valence-corrected chi connectivity index (χ1v) is 9.56. The number of nitrogens with zero attached hydrogens (tertiary/aromatic N) is 1. The quantitative estimate of drug-likeness (QED) is 0.619. The Hall–Kier alpha value is -1.73. The van der Waals surface area contributed by atoms with E-state index >= 15 is 0 Å². The van der Waals surface area contributed by atoms with Crippen molar-refractivity contribution in [2.24, 2.45) is 0 Å². The number of aromatic nitrogens is 2. The van der Waals surface area contributed by atoms with E-state index in [-0.39, 0.29) is 17.9 Å². The van der Waals surface area contributed by atoms with Gasteiger partial charge in [0.1, 0.15) is 0 Å². The Morgan fingerprint density at radius 3 is 2.48 bits per heavy atom. The second-order valence-electron chi connectivity index (χ2n) is 4.92. The number of hydrogen-bond donors (Lipinski definition) is 2. The van der Waals surface area contributed by atoms with E-state index in [0.29, 0.717) is 22.8 Å². The minimum atomic E-state index is -0.168. The van der Waals surface area contributed by atoms with Crippen LogP contribution in [-0.2, 0) is 11.2 Å². The second-order valence-corrected chi connectivity index (χ2v) is 6.59. The molecule has 122 valence electrons. The number of carbonyl (C=O) groups is 1. The van der Waals surface area contributed by atoms with E-state index in [9.17, 15) is 9.59 Å². The van der Waals surface area contributed by atoms with Crippen LogP contribution in [0.5, 0.6) is 0 Å². The van der Waals surface area contributed by atoms with Crippen LogP contribution >= 0.6 is 23.5 Å². The molecule has 2 aromatic rings. The highest BCUT2D eigenvalue weighted by molar-refractivity contribution is 7.98. The van der Waals surface area contributed by atoms with Crippen LogP contribution in [0, 0.1) is 6.92 Å². The molecule has 0 aliphatic heterocycles. The van der Waals surface area contributed by atoms with Crippen LogP contribution < -0.4 is 10.9 Å². The number of aromatic amines is 1. The summed E-state index contributed by atoms with van der Waals surface area (Å²) in [5.74, 6) is -0.116. The first-order valence-electron chi connectivity index (χ1n) is 7.11. The molecule has 5 nitrogen and oxygen atoms in total. The van der Waals surface area contributed by atoms with Gasteiger partial charge in [-0.15, -0.1) is 11.8 Å². The first-order chi connectivity index (χ1) is 11.0. The molecule has 2 rings (SSSR count). The largest absolute Gasteiger partial charge is 0.326 e. The molecule has 7 heteroatoms. The predicted molar refractivity (Wildman–Crippen MR) is 96.5 cm³/mol. The minimum absolute atomic E-state index is 0.116. The van der Waals surface area contributed by atoms with Gasteiger partial charge in [0, 0.05) is 28.3 Å². The van der Waals surface area contributed by atoms with Gasteiger partial charge >= 0.3 is 0 Å². The van der Waals surface area contributed by atoms with Crippen LogP contribution in [-0.4, -0.2) is 28.4 Å². The van der Waals surface area contributed by atoms with Crippen molar-refractivity contribution in [1.82, 2.24) is 9.97 Å². The van der Waals surface area contributed by atoms with Gasteiger partial charge in [-0.05, 0) is 50.1 Å². The molecule has 1 aromatic carbocycles. The van der Waals surface area contributed by atoms with Crippen molar-refractivity contribution in [2.75, 3.05) is 17.8 Å². The molecule has 0 fully saturated rings. The zero-order valence-electron chi connectivity index (χ0n) is 13.3. The van der Waals surface area contributed by atoms with E-state index in [0.717, 1.165) is 10.6 Å². The minimum Gasteiger partial charge on any atom is -0.326 e. The van der Waals surface area contributed by atoms with E-state index in [4.69, 9.17) is 0 Å². The summed E-state index contributed by atoms with van der Waals surface area (Å²) in [6, 6.07) is 7.66. The van der Waals surface area contributed by atoms with Gasteiger partial charge in [0.05, 0.1) is 0 Å². The Morgan fingerprint density at radius 1 is 1.22 bits per heavy atom. The topological polar surface area (TPSA) is 74.8 Å². The van der Waals surface area contributed by atoms with Crippen molar-refractivity contribution in [3.05, 3.63) is 45.9 Å². The molecule has 0 bridgehead atoms. The van der Waals surface area contributed by atoms with Gasteiger partial charge in [0.25, 0.3) is 5.56 Å². The Morgan fingerprint density at radius 2 is 1.91 bits per heavy atom. The SMILES string of the molecule is CSc1ccc(NC(=O)CCc2c(C)nc(SC)[nH]c2=O)cc1. The van der Waals surface area contributed by atoms with Crippen molar-refractivity contribution in [1.29, 1.82) is 0 Å². The molecule has 23 heavy (non-hydrogen) atoms. The molecule has 1 amide bonds. The standard InChI is InChI=1S/C16H19N3O2S2/c1-10-13(15(21)19-16(17-10)23-3)8-9-14(20)18-11-4-6-12(22-2)7-5-11/h4-7H,8-9H2,1-3H3,(H,18,20)(H,17,19,21). The number of hydrogen-bond acceptors (Lipinski definition) is 5. The van der Waals surface area contributed by atoms with Gasteiger partial charge < -0.3 is 10.3 Å². The highest BCUT2D eigenvalue weighted by Gasteiger charge is 2.10.